The van der Waals surface area contributed by atoms with E-state index >= 15 is 0 Å². The van der Waals surface area contributed by atoms with Gasteiger partial charge < -0.3 is 19.5 Å². The standard InChI is InChI=1S/C22H25N3O6S/c1-4-31-22(28)18-15-7-5-6-8-17(15)32-21(18)24-19(26)20(27)25-23-12-13-11-14(29-2)9-10-16(13)30-3/h9-12H,4-8H2,1-3H3,(H,24,26)(H,25,27)/b23-12-. The first-order valence-corrected chi connectivity index (χ1v) is 11.0. The van der Waals surface area contributed by atoms with Gasteiger partial charge in [-0.1, -0.05) is 0 Å². The van der Waals surface area contributed by atoms with Crippen molar-refractivity contribution in [1.82, 2.24) is 5.43 Å². The summed E-state index contributed by atoms with van der Waals surface area (Å²) in [7, 11) is 3.04. The molecule has 1 aromatic carbocycles. The van der Waals surface area contributed by atoms with Gasteiger partial charge in [-0.3, -0.25) is 9.59 Å². The molecule has 0 saturated heterocycles. The SMILES string of the molecule is CCOC(=O)c1c(NC(=O)C(=O)N/N=C\c2cc(OC)ccc2OC)sc2c1CCCC2. The predicted octanol–water partition coefficient (Wildman–Crippen LogP) is 2.91. The van der Waals surface area contributed by atoms with Crippen LogP contribution in [-0.2, 0) is 27.2 Å². The second-order valence-electron chi connectivity index (χ2n) is 6.90. The Balaban J connectivity index is 1.71. The number of rotatable bonds is 7. The number of carbonyl (C=O) groups excluding carboxylic acids is 3. The van der Waals surface area contributed by atoms with Gasteiger partial charge in [-0.05, 0) is 56.4 Å². The monoisotopic (exact) mass is 459 g/mol. The summed E-state index contributed by atoms with van der Waals surface area (Å²) in [5, 5.41) is 6.70. The number of thiophene rings is 1. The molecule has 3 rings (SSSR count). The average Bonchev–Trinajstić information content (AvgIpc) is 3.16. The average molecular weight is 460 g/mol. The number of anilines is 1. The summed E-state index contributed by atoms with van der Waals surface area (Å²) < 4.78 is 15.6. The van der Waals surface area contributed by atoms with E-state index in [0.717, 1.165) is 36.1 Å². The summed E-state index contributed by atoms with van der Waals surface area (Å²) in [6.07, 6.45) is 4.91. The van der Waals surface area contributed by atoms with Crippen molar-refractivity contribution in [3.63, 3.8) is 0 Å². The van der Waals surface area contributed by atoms with Crippen LogP contribution in [0.25, 0.3) is 0 Å². The lowest BCUT2D eigenvalue weighted by Crippen LogP contribution is -2.32. The highest BCUT2D eigenvalue weighted by Crippen LogP contribution is 2.38. The Morgan fingerprint density at radius 2 is 1.91 bits per heavy atom. The first kappa shape index (κ1) is 23.3. The number of hydrazone groups is 1. The molecule has 9 nitrogen and oxygen atoms in total. The van der Waals surface area contributed by atoms with Gasteiger partial charge in [-0.2, -0.15) is 5.10 Å². The largest absolute Gasteiger partial charge is 0.497 e. The van der Waals surface area contributed by atoms with Gasteiger partial charge in [-0.25, -0.2) is 10.2 Å². The zero-order valence-corrected chi connectivity index (χ0v) is 19.0. The Morgan fingerprint density at radius 1 is 1.12 bits per heavy atom. The van der Waals surface area contributed by atoms with E-state index in [1.54, 1.807) is 25.1 Å². The number of nitrogens with zero attached hydrogens (tertiary/aromatic N) is 1. The van der Waals surface area contributed by atoms with Crippen molar-refractivity contribution in [1.29, 1.82) is 0 Å². The fourth-order valence-corrected chi connectivity index (χ4v) is 4.66. The van der Waals surface area contributed by atoms with Crippen LogP contribution in [0.4, 0.5) is 5.00 Å². The Kier molecular flexibility index (Phi) is 7.82. The number of benzene rings is 1. The Morgan fingerprint density at radius 3 is 2.62 bits per heavy atom. The minimum absolute atomic E-state index is 0.222. The number of nitrogens with one attached hydrogen (secondary N) is 2. The molecule has 0 spiro atoms. The van der Waals surface area contributed by atoms with Crippen LogP contribution in [0.15, 0.2) is 23.3 Å². The van der Waals surface area contributed by atoms with Crippen molar-refractivity contribution < 1.29 is 28.6 Å². The first-order valence-electron chi connectivity index (χ1n) is 10.2. The van der Waals surface area contributed by atoms with Gasteiger partial charge in [0.15, 0.2) is 0 Å². The lowest BCUT2D eigenvalue weighted by Gasteiger charge is -2.12. The summed E-state index contributed by atoms with van der Waals surface area (Å²) in [5.74, 6) is -1.28. The van der Waals surface area contributed by atoms with E-state index < -0.39 is 17.8 Å². The second-order valence-corrected chi connectivity index (χ2v) is 8.00. The molecular formula is C22H25N3O6S. The highest BCUT2D eigenvalue weighted by Gasteiger charge is 2.28. The van der Waals surface area contributed by atoms with Crippen LogP contribution in [0.5, 0.6) is 11.5 Å². The third-order valence-corrected chi connectivity index (χ3v) is 6.10. The molecule has 0 aliphatic heterocycles. The Labute approximate surface area is 189 Å². The molecule has 1 aliphatic rings. The maximum atomic E-state index is 12.5. The molecule has 1 aromatic heterocycles. The highest BCUT2D eigenvalue weighted by molar-refractivity contribution is 7.17. The van der Waals surface area contributed by atoms with Crippen LogP contribution in [-0.4, -0.2) is 44.8 Å². The van der Waals surface area contributed by atoms with Crippen molar-refractivity contribution in [2.75, 3.05) is 26.1 Å². The number of amides is 2. The number of esters is 1. The molecule has 0 atom stereocenters. The maximum Gasteiger partial charge on any atom is 0.341 e. The second kappa shape index (κ2) is 10.8. The Hall–Kier alpha value is -3.40. The topological polar surface area (TPSA) is 115 Å². The third-order valence-electron chi connectivity index (χ3n) is 4.89. The molecule has 1 aliphatic carbocycles. The highest BCUT2D eigenvalue weighted by atomic mass is 32.1. The molecule has 0 fully saturated rings. The van der Waals surface area contributed by atoms with E-state index in [9.17, 15) is 14.4 Å². The van der Waals surface area contributed by atoms with E-state index in [1.165, 1.54) is 31.8 Å². The van der Waals surface area contributed by atoms with Crippen molar-refractivity contribution in [2.45, 2.75) is 32.6 Å². The third kappa shape index (κ3) is 5.25. The summed E-state index contributed by atoms with van der Waals surface area (Å²) in [5.41, 5.74) is 3.99. The van der Waals surface area contributed by atoms with Gasteiger partial charge >= 0.3 is 17.8 Å². The molecule has 10 heteroatoms. The van der Waals surface area contributed by atoms with E-state index in [4.69, 9.17) is 14.2 Å². The zero-order chi connectivity index (χ0) is 23.1. The lowest BCUT2D eigenvalue weighted by molar-refractivity contribution is -0.136. The van der Waals surface area contributed by atoms with Crippen molar-refractivity contribution >= 4 is 40.3 Å². The van der Waals surface area contributed by atoms with Crippen LogP contribution >= 0.6 is 11.3 Å². The molecule has 2 aromatic rings. The Bertz CT molecular complexity index is 1050. The fourth-order valence-electron chi connectivity index (χ4n) is 3.38. The van der Waals surface area contributed by atoms with Crippen molar-refractivity contribution in [3.8, 4) is 11.5 Å². The predicted molar refractivity (Wildman–Crippen MR) is 121 cm³/mol. The van der Waals surface area contributed by atoms with Crippen LogP contribution in [0.2, 0.25) is 0 Å². The number of fused-ring (bicyclic) bond motifs is 1. The number of ether oxygens (including phenoxy) is 3. The van der Waals surface area contributed by atoms with Gasteiger partial charge in [0.2, 0.25) is 0 Å². The van der Waals surface area contributed by atoms with Gasteiger partial charge in [-0.15, -0.1) is 11.3 Å². The first-order chi connectivity index (χ1) is 15.5. The molecule has 0 radical (unpaired) electrons. The maximum absolute atomic E-state index is 12.5. The van der Waals surface area contributed by atoms with E-state index in [1.807, 2.05) is 0 Å². The molecule has 1 heterocycles. The van der Waals surface area contributed by atoms with Crippen LogP contribution in [0.3, 0.4) is 0 Å². The van der Waals surface area contributed by atoms with Gasteiger partial charge in [0.25, 0.3) is 0 Å². The molecular weight excluding hydrogens is 434 g/mol. The molecule has 0 bridgehead atoms. The van der Waals surface area contributed by atoms with E-state index in [2.05, 4.69) is 15.8 Å². The minimum Gasteiger partial charge on any atom is -0.497 e. The zero-order valence-electron chi connectivity index (χ0n) is 18.1. The normalized spacial score (nSPS) is 12.7. The van der Waals surface area contributed by atoms with Gasteiger partial charge in [0.1, 0.15) is 16.5 Å². The van der Waals surface area contributed by atoms with Crippen LogP contribution in [0.1, 0.15) is 46.1 Å². The molecule has 0 unspecified atom stereocenters. The van der Waals surface area contributed by atoms with E-state index in [0.29, 0.717) is 27.6 Å². The van der Waals surface area contributed by atoms with E-state index in [-0.39, 0.29) is 6.61 Å². The van der Waals surface area contributed by atoms with Crippen LogP contribution in [0, 0.1) is 0 Å². The van der Waals surface area contributed by atoms with Crippen molar-refractivity contribution in [3.05, 3.63) is 39.8 Å². The molecule has 0 saturated carbocycles. The summed E-state index contributed by atoms with van der Waals surface area (Å²) in [6, 6.07) is 5.10. The molecule has 170 valence electrons. The lowest BCUT2D eigenvalue weighted by atomic mass is 9.95. The molecule has 32 heavy (non-hydrogen) atoms. The smallest absolute Gasteiger partial charge is 0.341 e. The number of aryl methyl sites for hydroxylation is 1. The van der Waals surface area contributed by atoms with Crippen LogP contribution < -0.4 is 20.2 Å². The fraction of sp³-hybridized carbons (Fsp3) is 0.364. The number of carbonyl (C=O) groups is 3. The van der Waals surface area contributed by atoms with Gasteiger partial charge in [0.05, 0.1) is 32.6 Å². The molecule has 2 amide bonds. The molecule has 2 N–H and O–H groups in total. The van der Waals surface area contributed by atoms with Crippen molar-refractivity contribution in [2.24, 2.45) is 5.10 Å². The van der Waals surface area contributed by atoms with Gasteiger partial charge in [0, 0.05) is 10.4 Å². The number of hydrogen-bond donors (Lipinski definition) is 2. The minimum atomic E-state index is -0.968. The number of methoxy groups -OCH3 is 2. The summed E-state index contributed by atoms with van der Waals surface area (Å²) >= 11 is 1.31. The summed E-state index contributed by atoms with van der Waals surface area (Å²) in [4.78, 5) is 38.2. The summed E-state index contributed by atoms with van der Waals surface area (Å²) in [6.45, 7) is 1.94. The number of hydrogen-bond acceptors (Lipinski definition) is 8. The quantitative estimate of drug-likeness (QED) is 0.285.